The van der Waals surface area contributed by atoms with E-state index in [1.165, 1.54) is 26.4 Å². The lowest BCUT2D eigenvalue weighted by molar-refractivity contribution is -0.970. The molecule has 0 radical (unpaired) electrons. The third-order valence-electron chi connectivity index (χ3n) is 11.8. The molecule has 0 spiro atoms. The van der Waals surface area contributed by atoms with Gasteiger partial charge in [0.05, 0.1) is 45.8 Å². The van der Waals surface area contributed by atoms with Gasteiger partial charge in [-0.05, 0) is 67.9 Å². The molecule has 17 heteroatoms. The van der Waals surface area contributed by atoms with E-state index >= 15 is 0 Å². The van der Waals surface area contributed by atoms with Crippen molar-refractivity contribution in [1.82, 2.24) is 0 Å². The second-order valence-electron chi connectivity index (χ2n) is 15.0. The fourth-order valence-corrected chi connectivity index (χ4v) is 8.11. The van der Waals surface area contributed by atoms with E-state index in [1.54, 1.807) is 24.3 Å². The van der Waals surface area contributed by atoms with Gasteiger partial charge in [-0.15, -0.1) is 10.1 Å². The Balaban J connectivity index is 2.07. The Morgan fingerprint density at radius 2 is 1.64 bits per heavy atom. The number of para-hydroxylation sites is 1. The Hall–Kier alpha value is -5.18. The average molecular weight is 789 g/mol. The monoisotopic (exact) mass is 788 g/mol. The summed E-state index contributed by atoms with van der Waals surface area (Å²) in [6.07, 6.45) is -2.32. The highest BCUT2D eigenvalue weighted by molar-refractivity contribution is 5.93. The Labute approximate surface area is 326 Å². The normalized spacial score (nSPS) is 21.2. The van der Waals surface area contributed by atoms with Crippen LogP contribution in [0.15, 0.2) is 42.5 Å². The molecule has 3 rings (SSSR count). The van der Waals surface area contributed by atoms with Crippen molar-refractivity contribution < 1.29 is 68.2 Å². The fourth-order valence-electron chi connectivity index (χ4n) is 8.11. The molecule has 4 N–H and O–H groups in total. The number of hydrogen-bond donors (Lipinski definition) is 4. The van der Waals surface area contributed by atoms with E-state index in [1.807, 2.05) is 33.9 Å². The van der Waals surface area contributed by atoms with Crippen molar-refractivity contribution in [1.29, 1.82) is 5.26 Å². The maximum Gasteiger partial charge on any atom is 0.348 e. The van der Waals surface area contributed by atoms with Crippen LogP contribution in [0.5, 0.6) is 17.2 Å². The molecule has 0 heterocycles. The van der Waals surface area contributed by atoms with Crippen LogP contribution >= 0.6 is 0 Å². The number of hydrogen-bond acceptors (Lipinski definition) is 12. The molecule has 2 aromatic rings. The number of carboxylic acid groups (broad SMARTS) is 3. The molecule has 17 nitrogen and oxygen atoms in total. The lowest BCUT2D eigenvalue weighted by Gasteiger charge is -2.54. The van der Waals surface area contributed by atoms with E-state index in [0.29, 0.717) is 55.8 Å². The molecule has 56 heavy (non-hydrogen) atoms. The van der Waals surface area contributed by atoms with Gasteiger partial charge >= 0.3 is 17.9 Å². The van der Waals surface area contributed by atoms with Crippen LogP contribution in [-0.4, -0.2) is 119 Å². The number of rotatable bonds is 22. The van der Waals surface area contributed by atoms with Crippen molar-refractivity contribution in [2.45, 2.75) is 101 Å². The van der Waals surface area contributed by atoms with Gasteiger partial charge < -0.3 is 48.7 Å². The number of quaternary nitrogens is 1. The SMILES string of the molecule is COc1ccc(C(C#N)(CCC[N+](C)(CCc2ccccc2OC(C(=O)O)C(O)(C(=O)O)C(OC)C(=O)O)C2(C)CCCCC2O[N+](=O)[O-])C(C)C)cc1OC. The zero-order chi connectivity index (χ0) is 42.1. The third kappa shape index (κ3) is 9.09. The van der Waals surface area contributed by atoms with E-state index in [0.717, 1.165) is 25.5 Å². The van der Waals surface area contributed by atoms with Gasteiger partial charge in [-0.3, -0.25) is 0 Å². The van der Waals surface area contributed by atoms with Crippen LogP contribution in [0, 0.1) is 27.4 Å². The van der Waals surface area contributed by atoms with Crippen LogP contribution in [0.3, 0.4) is 0 Å². The minimum Gasteiger partial charge on any atom is -0.493 e. The van der Waals surface area contributed by atoms with E-state index < -0.39 is 57.9 Å². The molecule has 1 aliphatic rings. The third-order valence-corrected chi connectivity index (χ3v) is 11.8. The number of likely N-dealkylation sites (N-methyl/N-ethyl adjacent to an activating group) is 1. The Bertz CT molecular complexity index is 1770. The summed E-state index contributed by atoms with van der Waals surface area (Å²) in [5.41, 5.74) is -4.16. The Morgan fingerprint density at radius 1 is 1.00 bits per heavy atom. The summed E-state index contributed by atoms with van der Waals surface area (Å²) in [5, 5.41) is 62.4. The zero-order valence-corrected chi connectivity index (χ0v) is 32.9. The summed E-state index contributed by atoms with van der Waals surface area (Å²) in [6, 6.07) is 14.1. The molecule has 0 aliphatic heterocycles. The first-order chi connectivity index (χ1) is 26.3. The quantitative estimate of drug-likeness (QED) is 0.0740. The second-order valence-corrected chi connectivity index (χ2v) is 15.0. The summed E-state index contributed by atoms with van der Waals surface area (Å²) in [5.74, 6) is -5.33. The van der Waals surface area contributed by atoms with Crippen LogP contribution < -0.4 is 14.2 Å². The van der Waals surface area contributed by atoms with Gasteiger partial charge in [0.2, 0.25) is 11.7 Å². The maximum absolute atomic E-state index is 12.4. The first kappa shape index (κ1) is 45.2. The molecule has 7 atom stereocenters. The molecule has 1 aliphatic carbocycles. The van der Waals surface area contributed by atoms with Gasteiger partial charge in [-0.2, -0.15) is 5.26 Å². The summed E-state index contributed by atoms with van der Waals surface area (Å²) >= 11 is 0. The fraction of sp³-hybridized carbons (Fsp3) is 0.590. The number of nitrogens with zero attached hydrogens (tertiary/aromatic N) is 3. The number of methoxy groups -OCH3 is 3. The lowest BCUT2D eigenvalue weighted by Crippen LogP contribution is -2.68. The number of ether oxygens (including phenoxy) is 4. The van der Waals surface area contributed by atoms with Crippen molar-refractivity contribution in [2.75, 3.05) is 41.5 Å². The van der Waals surface area contributed by atoms with Crippen LogP contribution in [0.1, 0.15) is 70.4 Å². The predicted molar refractivity (Wildman–Crippen MR) is 199 cm³/mol. The van der Waals surface area contributed by atoms with Gasteiger partial charge in [0.25, 0.3) is 5.09 Å². The van der Waals surface area contributed by atoms with Crippen molar-refractivity contribution in [3.63, 3.8) is 0 Å². The van der Waals surface area contributed by atoms with Crippen molar-refractivity contribution in [3.8, 4) is 23.3 Å². The number of carboxylic acids is 3. The summed E-state index contributed by atoms with van der Waals surface area (Å²) in [4.78, 5) is 53.7. The molecular formula is C39H54N3O14+. The predicted octanol–water partition coefficient (Wildman–Crippen LogP) is 4.25. The highest BCUT2D eigenvalue weighted by Gasteiger charge is 2.60. The molecule has 1 fully saturated rings. The Morgan fingerprint density at radius 3 is 2.18 bits per heavy atom. The van der Waals surface area contributed by atoms with Crippen LogP contribution in [0.4, 0.5) is 0 Å². The summed E-state index contributed by atoms with van der Waals surface area (Å²) in [7, 11) is 5.82. The molecule has 0 saturated heterocycles. The number of aliphatic hydroxyl groups is 1. The molecule has 7 unspecified atom stereocenters. The van der Waals surface area contributed by atoms with E-state index in [4.69, 9.17) is 23.8 Å². The highest BCUT2D eigenvalue weighted by atomic mass is 17.0. The molecule has 308 valence electrons. The molecule has 2 aromatic carbocycles. The van der Waals surface area contributed by atoms with E-state index in [-0.39, 0.29) is 22.6 Å². The Kier molecular flexibility index (Phi) is 15.0. The minimum absolute atomic E-state index is 0.130. The molecule has 1 saturated carbocycles. The lowest BCUT2D eigenvalue weighted by atomic mass is 9.69. The number of carbonyl (C=O) groups is 3. The summed E-state index contributed by atoms with van der Waals surface area (Å²) in [6.45, 7) is 6.61. The second kappa shape index (κ2) is 18.6. The number of aliphatic carboxylic acids is 3. The maximum atomic E-state index is 12.4. The van der Waals surface area contributed by atoms with E-state index in [2.05, 4.69) is 6.07 Å². The molecular weight excluding hydrogens is 734 g/mol. The zero-order valence-electron chi connectivity index (χ0n) is 32.9. The minimum atomic E-state index is -3.55. The van der Waals surface area contributed by atoms with Gasteiger partial charge in [-0.25, -0.2) is 14.4 Å². The van der Waals surface area contributed by atoms with Crippen LogP contribution in [-0.2, 0) is 35.8 Å². The standard InChI is InChI=1S/C39H53N3O14/c1-25(2)38(24-40,27-16-17-29(52-5)30(23-27)53-6)20-12-21-42(4,37(3)19-11-10-15-31(37)56-41(50)51)22-18-26-13-8-9-14-28(26)55-33(35(45)46)39(49,36(47)48)32(54-7)34(43)44/h8-9,13-14,16-17,23,25,31-33,49H,10-12,15,18-22H2,1-7H3,(H2-,43,44,45,46,47,48)/p+1. The van der Waals surface area contributed by atoms with Crippen LogP contribution in [0.25, 0.3) is 0 Å². The van der Waals surface area contributed by atoms with Crippen molar-refractivity contribution in [3.05, 3.63) is 63.7 Å². The molecule has 0 amide bonds. The molecule has 0 aromatic heterocycles. The largest absolute Gasteiger partial charge is 0.493 e. The highest BCUT2D eigenvalue weighted by Crippen LogP contribution is 2.44. The van der Waals surface area contributed by atoms with E-state index in [9.17, 15) is 50.2 Å². The first-order valence-corrected chi connectivity index (χ1v) is 18.3. The molecule has 0 bridgehead atoms. The smallest absolute Gasteiger partial charge is 0.348 e. The summed E-state index contributed by atoms with van der Waals surface area (Å²) < 4.78 is 21.6. The van der Waals surface area contributed by atoms with Gasteiger partial charge in [0.15, 0.2) is 23.7 Å². The van der Waals surface area contributed by atoms with Gasteiger partial charge in [0, 0.05) is 20.0 Å². The average Bonchev–Trinajstić information content (AvgIpc) is 3.15. The van der Waals surface area contributed by atoms with Gasteiger partial charge in [0.1, 0.15) is 11.3 Å². The topological polar surface area (TPSA) is 245 Å². The number of benzene rings is 2. The van der Waals surface area contributed by atoms with Gasteiger partial charge in [-0.1, -0.05) is 44.5 Å². The van der Waals surface area contributed by atoms with Crippen molar-refractivity contribution in [2.24, 2.45) is 5.92 Å². The van der Waals surface area contributed by atoms with Crippen molar-refractivity contribution >= 4 is 17.9 Å². The first-order valence-electron chi connectivity index (χ1n) is 18.3. The van der Waals surface area contributed by atoms with Crippen LogP contribution in [0.2, 0.25) is 0 Å². The number of nitriles is 1.